The molecule has 3 N–H and O–H groups in total. The molecule has 0 aromatic carbocycles. The number of hydrogen-bond acceptors (Lipinski definition) is 6. The van der Waals surface area contributed by atoms with Crippen molar-refractivity contribution in [2.75, 3.05) is 17.7 Å². The average molecular weight is 276 g/mol. The van der Waals surface area contributed by atoms with Crippen molar-refractivity contribution >= 4 is 11.5 Å². The van der Waals surface area contributed by atoms with E-state index in [1.54, 1.807) is 12.4 Å². The fraction of sp³-hybridized carbons (Fsp3) is 0.462. The molecule has 0 saturated heterocycles. The van der Waals surface area contributed by atoms with E-state index in [0.717, 1.165) is 18.8 Å². The minimum Gasteiger partial charge on any atom is -0.476 e. The molecule has 20 heavy (non-hydrogen) atoms. The molecule has 2 aromatic rings. The molecule has 0 radical (unpaired) electrons. The Bertz CT molecular complexity index is 554. The Balaban J connectivity index is 2.02. The van der Waals surface area contributed by atoms with Gasteiger partial charge in [-0.2, -0.15) is 4.98 Å². The maximum Gasteiger partial charge on any atom is 0.239 e. The Labute approximate surface area is 118 Å². The first-order chi connectivity index (χ1) is 9.74. The number of nitrogens with zero attached hydrogens (tertiary/aromatic N) is 4. The summed E-state index contributed by atoms with van der Waals surface area (Å²) in [5, 5.41) is 11.1. The maximum atomic E-state index is 5.82. The molecule has 0 atom stereocenters. The zero-order chi connectivity index (χ0) is 14.4. The molecule has 0 aliphatic heterocycles. The summed E-state index contributed by atoms with van der Waals surface area (Å²) in [6, 6.07) is 3.60. The van der Waals surface area contributed by atoms with Crippen molar-refractivity contribution in [1.82, 2.24) is 19.7 Å². The summed E-state index contributed by atoms with van der Waals surface area (Å²) >= 11 is 0. The van der Waals surface area contributed by atoms with Crippen molar-refractivity contribution in [3.8, 4) is 5.88 Å². The number of nitrogens with two attached hydrogens (primary N) is 1. The monoisotopic (exact) mass is 276 g/mol. The Kier molecular flexibility index (Phi) is 4.75. The van der Waals surface area contributed by atoms with Crippen LogP contribution in [0.5, 0.6) is 5.88 Å². The van der Waals surface area contributed by atoms with Crippen molar-refractivity contribution in [2.24, 2.45) is 0 Å². The number of ether oxygens (including phenoxy) is 1. The van der Waals surface area contributed by atoms with Gasteiger partial charge in [0.25, 0.3) is 0 Å². The van der Waals surface area contributed by atoms with Crippen LogP contribution in [0, 0.1) is 0 Å². The van der Waals surface area contributed by atoms with Gasteiger partial charge < -0.3 is 20.4 Å². The molecule has 0 fully saturated rings. The van der Waals surface area contributed by atoms with Crippen LogP contribution in [0.15, 0.2) is 18.5 Å². The largest absolute Gasteiger partial charge is 0.476 e. The number of rotatable bonds is 7. The van der Waals surface area contributed by atoms with E-state index in [1.807, 2.05) is 24.5 Å². The van der Waals surface area contributed by atoms with Gasteiger partial charge in [-0.3, -0.25) is 0 Å². The minimum atomic E-state index is 0.466. The second-order valence-electron chi connectivity index (χ2n) is 4.33. The minimum absolute atomic E-state index is 0.466. The lowest BCUT2D eigenvalue weighted by Gasteiger charge is -2.10. The molecule has 2 rings (SSSR count). The molecule has 0 aliphatic carbocycles. The van der Waals surface area contributed by atoms with Crippen LogP contribution in [-0.4, -0.2) is 26.4 Å². The van der Waals surface area contributed by atoms with Crippen molar-refractivity contribution in [2.45, 2.75) is 33.4 Å². The lowest BCUT2D eigenvalue weighted by atomic mass is 10.4. The van der Waals surface area contributed by atoms with Gasteiger partial charge in [-0.25, -0.2) is 0 Å². The third-order valence-electron chi connectivity index (χ3n) is 2.80. The SMILES string of the molecule is CCCOc1nc(NCc2nncn2CC)ccc1N. The highest BCUT2D eigenvalue weighted by molar-refractivity contribution is 5.53. The second-order valence-corrected chi connectivity index (χ2v) is 4.33. The zero-order valence-electron chi connectivity index (χ0n) is 11.8. The number of aryl methyl sites for hydroxylation is 1. The highest BCUT2D eigenvalue weighted by Crippen LogP contribution is 2.21. The van der Waals surface area contributed by atoms with Crippen LogP contribution < -0.4 is 15.8 Å². The van der Waals surface area contributed by atoms with Crippen LogP contribution in [0.4, 0.5) is 11.5 Å². The van der Waals surface area contributed by atoms with E-state index >= 15 is 0 Å². The Morgan fingerprint density at radius 3 is 2.95 bits per heavy atom. The van der Waals surface area contributed by atoms with Crippen LogP contribution in [0.2, 0.25) is 0 Å². The molecular formula is C13H20N6O. The Morgan fingerprint density at radius 1 is 1.35 bits per heavy atom. The first-order valence-corrected chi connectivity index (χ1v) is 6.74. The highest BCUT2D eigenvalue weighted by atomic mass is 16.5. The van der Waals surface area contributed by atoms with Gasteiger partial charge in [-0.15, -0.1) is 10.2 Å². The van der Waals surface area contributed by atoms with E-state index in [2.05, 4.69) is 20.5 Å². The molecule has 108 valence electrons. The van der Waals surface area contributed by atoms with Crippen LogP contribution in [0.1, 0.15) is 26.1 Å². The summed E-state index contributed by atoms with van der Waals surface area (Å²) < 4.78 is 7.47. The molecule has 2 aromatic heterocycles. The van der Waals surface area contributed by atoms with E-state index in [-0.39, 0.29) is 0 Å². The van der Waals surface area contributed by atoms with E-state index < -0.39 is 0 Å². The van der Waals surface area contributed by atoms with Crippen LogP contribution in [0.3, 0.4) is 0 Å². The van der Waals surface area contributed by atoms with E-state index in [1.165, 1.54) is 0 Å². The van der Waals surface area contributed by atoms with Gasteiger partial charge in [0.05, 0.1) is 18.8 Å². The van der Waals surface area contributed by atoms with Crippen LogP contribution >= 0.6 is 0 Å². The van der Waals surface area contributed by atoms with Gasteiger partial charge >= 0.3 is 0 Å². The average Bonchev–Trinajstić information content (AvgIpc) is 2.92. The molecule has 0 spiro atoms. The van der Waals surface area contributed by atoms with E-state index in [9.17, 15) is 0 Å². The summed E-state index contributed by atoms with van der Waals surface area (Å²) in [5.41, 5.74) is 6.37. The topological polar surface area (TPSA) is 90.9 Å². The molecule has 0 bridgehead atoms. The summed E-state index contributed by atoms with van der Waals surface area (Å²) in [6.45, 7) is 6.08. The number of anilines is 2. The summed E-state index contributed by atoms with van der Waals surface area (Å²) in [4.78, 5) is 4.35. The molecule has 0 amide bonds. The molecule has 0 aliphatic rings. The number of aromatic nitrogens is 4. The second kappa shape index (κ2) is 6.74. The molecule has 7 heteroatoms. The predicted molar refractivity (Wildman–Crippen MR) is 77.5 cm³/mol. The van der Waals surface area contributed by atoms with Crippen molar-refractivity contribution < 1.29 is 4.74 Å². The van der Waals surface area contributed by atoms with Gasteiger partial charge in [0.1, 0.15) is 12.1 Å². The van der Waals surface area contributed by atoms with Gasteiger partial charge in [0.15, 0.2) is 5.82 Å². The van der Waals surface area contributed by atoms with Crippen molar-refractivity contribution in [1.29, 1.82) is 0 Å². The smallest absolute Gasteiger partial charge is 0.239 e. The first kappa shape index (κ1) is 14.1. The number of nitrogen functional groups attached to an aromatic ring is 1. The lowest BCUT2D eigenvalue weighted by molar-refractivity contribution is 0.307. The summed E-state index contributed by atoms with van der Waals surface area (Å²) in [6.07, 6.45) is 2.63. The lowest BCUT2D eigenvalue weighted by Crippen LogP contribution is -2.09. The van der Waals surface area contributed by atoms with Gasteiger partial charge in [0.2, 0.25) is 5.88 Å². The zero-order valence-corrected chi connectivity index (χ0v) is 11.8. The highest BCUT2D eigenvalue weighted by Gasteiger charge is 2.06. The van der Waals surface area contributed by atoms with E-state index in [4.69, 9.17) is 10.5 Å². The number of hydrogen-bond donors (Lipinski definition) is 2. The van der Waals surface area contributed by atoms with E-state index in [0.29, 0.717) is 30.5 Å². The molecule has 7 nitrogen and oxygen atoms in total. The number of pyridine rings is 1. The van der Waals surface area contributed by atoms with Crippen LogP contribution in [0.25, 0.3) is 0 Å². The molecular weight excluding hydrogens is 256 g/mol. The molecule has 0 saturated carbocycles. The van der Waals surface area contributed by atoms with Crippen LogP contribution in [-0.2, 0) is 13.1 Å². The fourth-order valence-electron chi connectivity index (χ4n) is 1.71. The van der Waals surface area contributed by atoms with Crippen molar-refractivity contribution in [3.63, 3.8) is 0 Å². The van der Waals surface area contributed by atoms with Gasteiger partial charge in [-0.05, 0) is 25.5 Å². The Morgan fingerprint density at radius 2 is 2.20 bits per heavy atom. The van der Waals surface area contributed by atoms with Gasteiger partial charge in [0, 0.05) is 6.54 Å². The summed E-state index contributed by atoms with van der Waals surface area (Å²) in [5.74, 6) is 2.03. The first-order valence-electron chi connectivity index (χ1n) is 6.74. The molecule has 2 heterocycles. The Hall–Kier alpha value is -2.31. The number of nitrogens with one attached hydrogen (secondary N) is 1. The fourth-order valence-corrected chi connectivity index (χ4v) is 1.71. The standard InChI is InChI=1S/C13H20N6O/c1-3-7-20-13-10(14)5-6-11(17-13)15-8-12-18-16-9-19(12)4-2/h5-6,9H,3-4,7-8,14H2,1-2H3,(H,15,17). The third-order valence-corrected chi connectivity index (χ3v) is 2.80. The van der Waals surface area contributed by atoms with Gasteiger partial charge in [-0.1, -0.05) is 6.92 Å². The third kappa shape index (κ3) is 3.37. The predicted octanol–water partition coefficient (Wildman–Crippen LogP) is 1.68. The normalized spacial score (nSPS) is 10.5. The van der Waals surface area contributed by atoms with Crippen molar-refractivity contribution in [3.05, 3.63) is 24.3 Å². The molecule has 0 unspecified atom stereocenters. The maximum absolute atomic E-state index is 5.82. The quantitative estimate of drug-likeness (QED) is 0.799. The summed E-state index contributed by atoms with van der Waals surface area (Å²) in [7, 11) is 0.